The van der Waals surface area contributed by atoms with Gasteiger partial charge in [-0.25, -0.2) is 4.39 Å². The number of rotatable bonds is 3. The summed E-state index contributed by atoms with van der Waals surface area (Å²) in [6.07, 6.45) is 3.74. The molecule has 1 aliphatic rings. The average Bonchev–Trinajstić information content (AvgIpc) is 2.56. The molecular formula is C18H15ClFNO2. The van der Waals surface area contributed by atoms with Gasteiger partial charge in [-0.15, -0.1) is 0 Å². The molecule has 0 saturated carbocycles. The summed E-state index contributed by atoms with van der Waals surface area (Å²) in [4.78, 5) is 12.1. The van der Waals surface area contributed by atoms with Gasteiger partial charge in [0.05, 0.1) is 17.7 Å². The molecule has 1 aliphatic heterocycles. The van der Waals surface area contributed by atoms with Crippen LogP contribution in [0.5, 0.6) is 5.75 Å². The van der Waals surface area contributed by atoms with E-state index in [9.17, 15) is 9.18 Å². The molecule has 0 radical (unpaired) electrons. The number of ether oxygens (including phenoxy) is 1. The van der Waals surface area contributed by atoms with Gasteiger partial charge < -0.3 is 10.1 Å². The van der Waals surface area contributed by atoms with Crippen LogP contribution in [0.3, 0.4) is 0 Å². The first-order valence-electron chi connectivity index (χ1n) is 7.29. The minimum Gasteiger partial charge on any atom is -0.493 e. The van der Waals surface area contributed by atoms with E-state index in [0.717, 1.165) is 17.7 Å². The topological polar surface area (TPSA) is 38.3 Å². The van der Waals surface area contributed by atoms with E-state index in [2.05, 4.69) is 5.32 Å². The van der Waals surface area contributed by atoms with E-state index in [-0.39, 0.29) is 17.0 Å². The molecule has 0 saturated heterocycles. The van der Waals surface area contributed by atoms with Crippen molar-refractivity contribution in [2.45, 2.75) is 12.5 Å². The zero-order valence-corrected chi connectivity index (χ0v) is 13.0. The van der Waals surface area contributed by atoms with Crippen LogP contribution in [0.4, 0.5) is 4.39 Å². The van der Waals surface area contributed by atoms with Crippen molar-refractivity contribution >= 4 is 23.6 Å². The maximum absolute atomic E-state index is 13.1. The Balaban J connectivity index is 1.68. The van der Waals surface area contributed by atoms with Crippen LogP contribution in [0.25, 0.3) is 6.08 Å². The third kappa shape index (κ3) is 3.71. The molecule has 1 heterocycles. The van der Waals surface area contributed by atoms with Crippen LogP contribution in [-0.4, -0.2) is 12.5 Å². The number of hydrogen-bond acceptors (Lipinski definition) is 2. The first kappa shape index (κ1) is 15.6. The largest absolute Gasteiger partial charge is 0.493 e. The maximum Gasteiger partial charge on any atom is 0.244 e. The lowest BCUT2D eigenvalue weighted by Crippen LogP contribution is -2.30. The Labute approximate surface area is 138 Å². The lowest BCUT2D eigenvalue weighted by molar-refractivity contribution is -0.117. The molecule has 3 rings (SSSR count). The molecule has 1 atom stereocenters. The van der Waals surface area contributed by atoms with Crippen LogP contribution in [-0.2, 0) is 4.79 Å². The predicted octanol–water partition coefficient (Wildman–Crippen LogP) is 4.13. The second-order valence-electron chi connectivity index (χ2n) is 5.24. The van der Waals surface area contributed by atoms with Gasteiger partial charge in [-0.1, -0.05) is 35.9 Å². The summed E-state index contributed by atoms with van der Waals surface area (Å²) in [5.41, 5.74) is 1.64. The van der Waals surface area contributed by atoms with Gasteiger partial charge in [0.15, 0.2) is 0 Å². The fourth-order valence-electron chi connectivity index (χ4n) is 2.50. The van der Waals surface area contributed by atoms with Crippen LogP contribution in [0, 0.1) is 5.82 Å². The number of benzene rings is 2. The van der Waals surface area contributed by atoms with Crippen molar-refractivity contribution in [1.82, 2.24) is 5.32 Å². The zero-order valence-electron chi connectivity index (χ0n) is 12.3. The summed E-state index contributed by atoms with van der Waals surface area (Å²) < 4.78 is 18.7. The Morgan fingerprint density at radius 3 is 2.96 bits per heavy atom. The minimum atomic E-state index is -0.480. The Kier molecular flexibility index (Phi) is 4.63. The lowest BCUT2D eigenvalue weighted by atomic mass is 10.0. The smallest absolute Gasteiger partial charge is 0.244 e. The summed E-state index contributed by atoms with van der Waals surface area (Å²) in [7, 11) is 0. The normalized spacial score (nSPS) is 16.7. The molecule has 1 N–H and O–H groups in total. The molecule has 0 fully saturated rings. The van der Waals surface area contributed by atoms with Crippen molar-refractivity contribution in [3.63, 3.8) is 0 Å². The molecular weight excluding hydrogens is 317 g/mol. The number of para-hydroxylation sites is 1. The highest BCUT2D eigenvalue weighted by Gasteiger charge is 2.21. The van der Waals surface area contributed by atoms with E-state index in [0.29, 0.717) is 12.2 Å². The van der Waals surface area contributed by atoms with Crippen molar-refractivity contribution in [2.75, 3.05) is 6.61 Å². The van der Waals surface area contributed by atoms with E-state index in [1.54, 1.807) is 12.1 Å². The Hall–Kier alpha value is -2.33. The lowest BCUT2D eigenvalue weighted by Gasteiger charge is -2.26. The summed E-state index contributed by atoms with van der Waals surface area (Å²) in [6, 6.07) is 11.9. The molecule has 23 heavy (non-hydrogen) atoms. The molecule has 118 valence electrons. The summed E-state index contributed by atoms with van der Waals surface area (Å²) in [5, 5.41) is 2.99. The van der Waals surface area contributed by atoms with Gasteiger partial charge in [0.2, 0.25) is 5.91 Å². The van der Waals surface area contributed by atoms with E-state index in [1.807, 2.05) is 24.3 Å². The van der Waals surface area contributed by atoms with Crippen molar-refractivity contribution in [3.8, 4) is 5.75 Å². The second-order valence-corrected chi connectivity index (χ2v) is 5.65. The van der Waals surface area contributed by atoms with Crippen molar-refractivity contribution in [3.05, 3.63) is 70.5 Å². The van der Waals surface area contributed by atoms with Gasteiger partial charge in [0.1, 0.15) is 11.6 Å². The van der Waals surface area contributed by atoms with Crippen molar-refractivity contribution in [2.24, 2.45) is 0 Å². The fraction of sp³-hybridized carbons (Fsp3) is 0.167. The molecule has 2 aromatic carbocycles. The number of amides is 1. The van der Waals surface area contributed by atoms with Crippen molar-refractivity contribution < 1.29 is 13.9 Å². The molecule has 3 nitrogen and oxygen atoms in total. The number of hydrogen-bond donors (Lipinski definition) is 1. The monoisotopic (exact) mass is 331 g/mol. The van der Waals surface area contributed by atoms with Crippen LogP contribution in [0.2, 0.25) is 5.02 Å². The van der Waals surface area contributed by atoms with Crippen LogP contribution in [0.1, 0.15) is 23.6 Å². The zero-order chi connectivity index (χ0) is 16.2. The second kappa shape index (κ2) is 6.84. The molecule has 0 unspecified atom stereocenters. The van der Waals surface area contributed by atoms with E-state index < -0.39 is 5.82 Å². The van der Waals surface area contributed by atoms with Gasteiger partial charge >= 0.3 is 0 Å². The van der Waals surface area contributed by atoms with Gasteiger partial charge in [-0.2, -0.15) is 0 Å². The number of nitrogens with one attached hydrogen (secondary N) is 1. The quantitative estimate of drug-likeness (QED) is 0.859. The third-order valence-electron chi connectivity index (χ3n) is 3.65. The highest BCUT2D eigenvalue weighted by molar-refractivity contribution is 6.30. The predicted molar refractivity (Wildman–Crippen MR) is 87.9 cm³/mol. The molecule has 5 heteroatoms. The first-order chi connectivity index (χ1) is 11.1. The standard InChI is InChI=1S/C18H15ClFNO2/c19-14-11-12(5-7-15(14)20)6-8-18(22)21-16-9-10-23-17-4-2-1-3-13(16)17/h1-8,11,16H,9-10H2,(H,21,22)/b8-6+/t16-/m1/s1. The SMILES string of the molecule is O=C(/C=C/c1ccc(F)c(Cl)c1)N[C@@H]1CCOc2ccccc21. The first-order valence-corrected chi connectivity index (χ1v) is 7.66. The molecule has 2 aromatic rings. The minimum absolute atomic E-state index is 0.0333. The van der Waals surface area contributed by atoms with Gasteiger partial charge in [0, 0.05) is 18.1 Å². The van der Waals surface area contributed by atoms with Crippen LogP contribution < -0.4 is 10.1 Å². The molecule has 1 amide bonds. The summed E-state index contributed by atoms with van der Waals surface area (Å²) >= 11 is 5.72. The van der Waals surface area contributed by atoms with Crippen LogP contribution in [0.15, 0.2) is 48.5 Å². The molecule has 0 aromatic heterocycles. The molecule has 0 aliphatic carbocycles. The van der Waals surface area contributed by atoms with Gasteiger partial charge in [-0.05, 0) is 29.8 Å². The highest BCUT2D eigenvalue weighted by atomic mass is 35.5. The average molecular weight is 332 g/mol. The number of halogens is 2. The number of carbonyl (C=O) groups excluding carboxylic acids is 1. The van der Waals surface area contributed by atoms with E-state index >= 15 is 0 Å². The number of fused-ring (bicyclic) bond motifs is 1. The highest BCUT2D eigenvalue weighted by Crippen LogP contribution is 2.31. The van der Waals surface area contributed by atoms with Gasteiger partial charge in [-0.3, -0.25) is 4.79 Å². The Morgan fingerprint density at radius 1 is 1.30 bits per heavy atom. The molecule has 0 spiro atoms. The summed E-state index contributed by atoms with van der Waals surface area (Å²) in [5.74, 6) is 0.109. The van der Waals surface area contributed by atoms with E-state index in [4.69, 9.17) is 16.3 Å². The van der Waals surface area contributed by atoms with E-state index in [1.165, 1.54) is 18.2 Å². The van der Waals surface area contributed by atoms with Crippen molar-refractivity contribution in [1.29, 1.82) is 0 Å². The molecule has 0 bridgehead atoms. The Morgan fingerprint density at radius 2 is 2.13 bits per heavy atom. The van der Waals surface area contributed by atoms with Gasteiger partial charge in [0.25, 0.3) is 0 Å². The third-order valence-corrected chi connectivity index (χ3v) is 3.94. The fourth-order valence-corrected chi connectivity index (χ4v) is 2.69. The van der Waals surface area contributed by atoms with Crippen LogP contribution >= 0.6 is 11.6 Å². The Bertz CT molecular complexity index is 760. The maximum atomic E-state index is 13.1. The summed E-state index contributed by atoms with van der Waals surface area (Å²) in [6.45, 7) is 0.569. The number of carbonyl (C=O) groups is 1.